The molecule has 0 aromatic heterocycles. The molecule has 15 heavy (non-hydrogen) atoms. The Balaban J connectivity index is 0.000000336. The van der Waals surface area contributed by atoms with E-state index in [0.29, 0.717) is 6.67 Å². The zero-order valence-corrected chi connectivity index (χ0v) is 11.8. The Morgan fingerprint density at radius 3 is 2.13 bits per heavy atom. The summed E-state index contributed by atoms with van der Waals surface area (Å²) in [4.78, 5) is 13.8. The van der Waals surface area contributed by atoms with Crippen LogP contribution < -0.4 is 0 Å². The first kappa shape index (κ1) is 15.5. The van der Waals surface area contributed by atoms with Crippen molar-refractivity contribution in [2.75, 3.05) is 20.3 Å². The average Bonchev–Trinajstić information content (AvgIpc) is 2.29. The third-order valence-corrected chi connectivity index (χ3v) is 1.28. The van der Waals surface area contributed by atoms with Crippen molar-refractivity contribution in [2.24, 2.45) is 0 Å². The zero-order chi connectivity index (χ0) is 12.1. The molecule has 0 aliphatic carbocycles. The first-order chi connectivity index (χ1) is 6.68. The van der Waals surface area contributed by atoms with Gasteiger partial charge in [0.15, 0.2) is 0 Å². The third kappa shape index (κ3) is 12.4. The van der Waals surface area contributed by atoms with Gasteiger partial charge in [0.25, 0.3) is 0 Å². The number of aliphatic carboxylic acids is 1. The minimum absolute atomic E-state index is 0.0842. The van der Waals surface area contributed by atoms with Crippen LogP contribution in [0, 0.1) is 0 Å². The van der Waals surface area contributed by atoms with Gasteiger partial charge >= 0.3 is 55.6 Å². The molecule has 0 unspecified atom stereocenters. The molecule has 0 bridgehead atoms. The minimum atomic E-state index is -2.61. The van der Waals surface area contributed by atoms with E-state index in [0.717, 1.165) is 0 Å². The molecule has 1 N–H and O–H groups in total. The van der Waals surface area contributed by atoms with Crippen LogP contribution in [0.2, 0.25) is 0 Å². The van der Waals surface area contributed by atoms with E-state index >= 15 is 0 Å². The molecule has 0 saturated carbocycles. The summed E-state index contributed by atoms with van der Waals surface area (Å²) in [7, 11) is 19.1. The molecule has 1 aliphatic heterocycles. The van der Waals surface area contributed by atoms with Gasteiger partial charge in [-0.1, -0.05) is 0 Å². The molecule has 0 amide bonds. The molecule has 0 aromatic rings. The van der Waals surface area contributed by atoms with Gasteiger partial charge < -0.3 is 14.9 Å². The van der Waals surface area contributed by atoms with Crippen molar-refractivity contribution < 1.29 is 19.1 Å². The van der Waals surface area contributed by atoms with E-state index in [2.05, 4.69) is 0 Å². The van der Waals surface area contributed by atoms with Crippen molar-refractivity contribution in [1.82, 2.24) is 9.80 Å². The average molecular weight is 340 g/mol. The molecule has 9 heteroatoms. The number of carbonyl (C=O) groups is 1. The Bertz CT molecular complexity index is 240. The summed E-state index contributed by atoms with van der Waals surface area (Å²) in [6.45, 7) is 0.757. The van der Waals surface area contributed by atoms with Gasteiger partial charge in [-0.05, 0) is 0 Å². The fourth-order valence-corrected chi connectivity index (χ4v) is 0.865. The van der Waals surface area contributed by atoms with E-state index in [-0.39, 0.29) is 6.54 Å². The van der Waals surface area contributed by atoms with Crippen LogP contribution in [-0.4, -0.2) is 41.1 Å². The Labute approximate surface area is 107 Å². The molecular formula is C6H10Cl4FeN2O2. The number of carboxylic acid groups (broad SMARTS) is 1. The molecule has 0 radical (unpaired) electrons. The maximum atomic E-state index is 10.2. The summed E-state index contributed by atoms with van der Waals surface area (Å²) in [5.74, 6) is -0.792. The van der Waals surface area contributed by atoms with Gasteiger partial charge in [-0.15, -0.1) is 0 Å². The van der Waals surface area contributed by atoms with E-state index < -0.39 is 15.2 Å². The second-order valence-electron chi connectivity index (χ2n) is 2.64. The first-order valence-corrected chi connectivity index (χ1v) is 9.64. The summed E-state index contributed by atoms with van der Waals surface area (Å²) < 4.78 is 0. The molecule has 1 heterocycles. The fraction of sp³-hybridized carbons (Fsp3) is 0.500. The molecule has 1 rings (SSSR count). The van der Waals surface area contributed by atoms with Gasteiger partial charge in [-0.25, -0.2) is 0 Å². The third-order valence-electron chi connectivity index (χ3n) is 1.28. The van der Waals surface area contributed by atoms with Crippen molar-refractivity contribution in [1.29, 1.82) is 0 Å². The number of hydrogen-bond donors (Lipinski definition) is 1. The molecule has 0 atom stereocenters. The van der Waals surface area contributed by atoms with Gasteiger partial charge in [-0.2, -0.15) is 0 Å². The van der Waals surface area contributed by atoms with Crippen molar-refractivity contribution in [3.8, 4) is 0 Å². The number of halogens is 4. The monoisotopic (exact) mass is 338 g/mol. The van der Waals surface area contributed by atoms with E-state index in [9.17, 15) is 4.79 Å². The number of carboxylic acids is 1. The zero-order valence-electron chi connectivity index (χ0n) is 7.68. The maximum absolute atomic E-state index is 10.2. The molecule has 4 nitrogen and oxygen atoms in total. The van der Waals surface area contributed by atoms with Crippen molar-refractivity contribution in [3.63, 3.8) is 0 Å². The number of rotatable bonds is 2. The fourth-order valence-electron chi connectivity index (χ4n) is 0.865. The normalized spacial score (nSPS) is 16.1. The SMILES string of the molecule is CN1C=CN(CC(=O)O)C1.[Cl][Fe]([Cl])([Cl])[Cl]. The predicted molar refractivity (Wildman–Crippen MR) is 59.5 cm³/mol. The van der Waals surface area contributed by atoms with Crippen LogP contribution in [0.25, 0.3) is 0 Å². The van der Waals surface area contributed by atoms with Gasteiger partial charge in [0.1, 0.15) is 6.54 Å². The molecule has 0 saturated heterocycles. The van der Waals surface area contributed by atoms with Gasteiger partial charge in [0.05, 0.1) is 6.67 Å². The van der Waals surface area contributed by atoms with Crippen LogP contribution in [0.15, 0.2) is 12.4 Å². The second kappa shape index (κ2) is 6.94. The van der Waals surface area contributed by atoms with Gasteiger partial charge in [0, 0.05) is 19.4 Å². The van der Waals surface area contributed by atoms with Gasteiger partial charge in [0.2, 0.25) is 0 Å². The quantitative estimate of drug-likeness (QED) is 0.785. The number of nitrogens with zero attached hydrogens (tertiary/aromatic N) is 2. The second-order valence-corrected chi connectivity index (χ2v) is 13.6. The summed E-state index contributed by atoms with van der Waals surface area (Å²) in [6.07, 6.45) is 3.62. The summed E-state index contributed by atoms with van der Waals surface area (Å²) in [5.41, 5.74) is 0. The Kier molecular flexibility index (Phi) is 7.17. The van der Waals surface area contributed by atoms with Crippen LogP contribution in [0.1, 0.15) is 0 Å². The molecular weight excluding hydrogens is 330 g/mol. The van der Waals surface area contributed by atoms with E-state index in [1.807, 2.05) is 18.1 Å². The van der Waals surface area contributed by atoms with Crippen LogP contribution in [0.3, 0.4) is 0 Å². The standard InChI is InChI=1S/C6H10N2O2.4ClH.Fe/c1-7-2-3-8(5-7)4-6(9)10;;;;;/h2-3H,4-5H2,1H3,(H,9,10);4*1H;/q;;;;;+4/p-4. The number of hydrogen-bond acceptors (Lipinski definition) is 3. The molecule has 0 aromatic carbocycles. The molecule has 0 fully saturated rings. The summed E-state index contributed by atoms with van der Waals surface area (Å²) in [6, 6.07) is 0. The van der Waals surface area contributed by atoms with Gasteiger partial charge in [-0.3, -0.25) is 4.79 Å². The Morgan fingerprint density at radius 2 is 1.87 bits per heavy atom. The summed E-state index contributed by atoms with van der Waals surface area (Å²) in [5, 5.41) is 8.37. The van der Waals surface area contributed by atoms with E-state index in [4.69, 9.17) is 45.5 Å². The Morgan fingerprint density at radius 1 is 1.40 bits per heavy atom. The van der Waals surface area contributed by atoms with Crippen LogP contribution in [-0.2, 0) is 14.0 Å². The molecule has 1 aliphatic rings. The Hall–Kier alpha value is 0.489. The van der Waals surface area contributed by atoms with Crippen molar-refractivity contribution in [2.45, 2.75) is 0 Å². The van der Waals surface area contributed by atoms with Crippen LogP contribution in [0.4, 0.5) is 0 Å². The van der Waals surface area contributed by atoms with E-state index in [1.54, 1.807) is 11.1 Å². The summed E-state index contributed by atoms with van der Waals surface area (Å²) >= 11 is 0. The van der Waals surface area contributed by atoms with Crippen molar-refractivity contribution >= 4 is 46.4 Å². The van der Waals surface area contributed by atoms with Crippen LogP contribution in [0.5, 0.6) is 0 Å². The van der Waals surface area contributed by atoms with Crippen molar-refractivity contribution in [3.05, 3.63) is 12.4 Å². The molecule has 0 spiro atoms. The topological polar surface area (TPSA) is 43.8 Å². The van der Waals surface area contributed by atoms with E-state index in [1.165, 1.54) is 0 Å². The predicted octanol–water partition coefficient (Wildman–Crippen LogP) is 2.50. The van der Waals surface area contributed by atoms with Crippen LogP contribution >= 0.6 is 40.4 Å². The molecule has 92 valence electrons. The first-order valence-electron chi connectivity index (χ1n) is 3.56.